The third-order valence-electron chi connectivity index (χ3n) is 4.98. The first-order chi connectivity index (χ1) is 15.3. The fraction of sp³-hybridized carbons (Fsp3) is 0.318. The predicted molar refractivity (Wildman–Crippen MR) is 120 cm³/mol. The molecule has 0 aliphatic rings. The highest BCUT2D eigenvalue weighted by Gasteiger charge is 2.16. The predicted octanol–water partition coefficient (Wildman–Crippen LogP) is 3.72. The molecule has 0 saturated carbocycles. The molecule has 0 aliphatic carbocycles. The van der Waals surface area contributed by atoms with Crippen molar-refractivity contribution in [2.24, 2.45) is 0 Å². The van der Waals surface area contributed by atoms with Crippen molar-refractivity contribution < 1.29 is 4.79 Å². The Kier molecular flexibility index (Phi) is 5.76. The normalized spacial score (nSPS) is 11.3. The van der Waals surface area contributed by atoms with E-state index in [1.54, 1.807) is 41.3 Å². The number of aryl methyl sites for hydroxylation is 1. The van der Waals surface area contributed by atoms with Crippen molar-refractivity contribution in [2.45, 2.75) is 46.7 Å². The molecular formula is C22H25N9O. The maximum atomic E-state index is 12.9. The number of nitrogens with zero attached hydrogens (tertiary/aromatic N) is 8. The molecule has 1 amide bonds. The van der Waals surface area contributed by atoms with Crippen LogP contribution in [0.1, 0.15) is 55.8 Å². The highest BCUT2D eigenvalue weighted by molar-refractivity contribution is 6.03. The number of carbonyl (C=O) groups is 1. The molecule has 0 unspecified atom stereocenters. The van der Waals surface area contributed by atoms with Gasteiger partial charge in [-0.3, -0.25) is 14.5 Å². The van der Waals surface area contributed by atoms with Crippen molar-refractivity contribution in [3.8, 4) is 22.6 Å². The molecular weight excluding hydrogens is 406 g/mol. The fourth-order valence-electron chi connectivity index (χ4n) is 3.24. The molecule has 4 heterocycles. The number of hydrogen-bond donors (Lipinski definition) is 1. The zero-order chi connectivity index (χ0) is 22.8. The van der Waals surface area contributed by atoms with E-state index in [2.05, 4.69) is 49.8 Å². The van der Waals surface area contributed by atoms with Gasteiger partial charge in [0.15, 0.2) is 0 Å². The lowest BCUT2D eigenvalue weighted by molar-refractivity contribution is 0.102. The van der Waals surface area contributed by atoms with Gasteiger partial charge in [-0.2, -0.15) is 5.10 Å². The van der Waals surface area contributed by atoms with Crippen molar-refractivity contribution >= 4 is 11.7 Å². The van der Waals surface area contributed by atoms with Crippen LogP contribution in [-0.2, 0) is 0 Å². The van der Waals surface area contributed by atoms with E-state index in [4.69, 9.17) is 0 Å². The first-order valence-corrected chi connectivity index (χ1v) is 10.4. The topological polar surface area (TPSA) is 116 Å². The second-order valence-corrected chi connectivity index (χ2v) is 8.09. The number of nitrogens with one attached hydrogen (secondary N) is 1. The summed E-state index contributed by atoms with van der Waals surface area (Å²) in [5, 5.41) is 19.0. The van der Waals surface area contributed by atoms with Gasteiger partial charge in [-0.25, -0.2) is 9.67 Å². The number of hydrogen-bond acceptors (Lipinski definition) is 7. The smallest absolute Gasteiger partial charge is 0.275 e. The van der Waals surface area contributed by atoms with E-state index in [1.807, 2.05) is 31.6 Å². The molecule has 4 aromatic rings. The van der Waals surface area contributed by atoms with Gasteiger partial charge >= 0.3 is 0 Å². The molecule has 0 bridgehead atoms. The van der Waals surface area contributed by atoms with Gasteiger partial charge in [0.25, 0.3) is 5.91 Å². The van der Waals surface area contributed by atoms with Crippen molar-refractivity contribution in [3.05, 3.63) is 54.1 Å². The summed E-state index contributed by atoms with van der Waals surface area (Å²) in [5.41, 5.74) is 3.68. The Bertz CT molecular complexity index is 1260. The molecule has 0 atom stereocenters. The van der Waals surface area contributed by atoms with Crippen LogP contribution in [0.5, 0.6) is 0 Å². The van der Waals surface area contributed by atoms with Crippen LogP contribution in [-0.4, -0.2) is 45.9 Å². The Hall–Kier alpha value is -3.95. The first-order valence-electron chi connectivity index (χ1n) is 10.4. The Labute approximate surface area is 185 Å². The molecule has 0 aliphatic heterocycles. The maximum Gasteiger partial charge on any atom is 0.275 e. The van der Waals surface area contributed by atoms with Crippen molar-refractivity contribution in [2.75, 3.05) is 5.32 Å². The lowest BCUT2D eigenvalue weighted by Gasteiger charge is -2.10. The minimum atomic E-state index is -0.351. The zero-order valence-corrected chi connectivity index (χ0v) is 18.7. The summed E-state index contributed by atoms with van der Waals surface area (Å²) in [6.45, 7) is 10.1. The molecule has 0 saturated heterocycles. The number of tetrazole rings is 1. The van der Waals surface area contributed by atoms with Gasteiger partial charge in [0.1, 0.15) is 17.2 Å². The number of pyridine rings is 2. The summed E-state index contributed by atoms with van der Waals surface area (Å²) >= 11 is 0. The van der Waals surface area contributed by atoms with Gasteiger partial charge in [0.2, 0.25) is 5.82 Å². The molecule has 10 heteroatoms. The van der Waals surface area contributed by atoms with Crippen LogP contribution in [0.25, 0.3) is 22.6 Å². The third-order valence-corrected chi connectivity index (χ3v) is 4.98. The average Bonchev–Trinajstić information content (AvgIpc) is 3.44. The summed E-state index contributed by atoms with van der Waals surface area (Å²) in [6, 6.07) is 7.42. The van der Waals surface area contributed by atoms with Gasteiger partial charge in [-0.05, 0) is 74.4 Å². The number of rotatable bonds is 6. The van der Waals surface area contributed by atoms with Gasteiger partial charge in [-0.1, -0.05) is 6.07 Å². The standard InChI is InChI=1S/C22H25N9O/c1-13(2)30-12-16(11-24-30)17-9-19(23-10-15(17)5)22(32)26-20-8-6-7-18(25-20)21-27-28-29-31(21)14(3)4/h6-14H,1-5H3,(H,25,26,32). The van der Waals surface area contributed by atoms with Crippen LogP contribution in [0.15, 0.2) is 42.9 Å². The Morgan fingerprint density at radius 1 is 1.09 bits per heavy atom. The maximum absolute atomic E-state index is 12.9. The highest BCUT2D eigenvalue weighted by Crippen LogP contribution is 2.25. The monoisotopic (exact) mass is 431 g/mol. The quantitative estimate of drug-likeness (QED) is 0.494. The fourth-order valence-corrected chi connectivity index (χ4v) is 3.24. The van der Waals surface area contributed by atoms with Crippen LogP contribution >= 0.6 is 0 Å². The van der Waals surface area contributed by atoms with Crippen LogP contribution in [0.2, 0.25) is 0 Å². The second kappa shape index (κ2) is 8.66. The van der Waals surface area contributed by atoms with E-state index < -0.39 is 0 Å². The Morgan fingerprint density at radius 2 is 1.91 bits per heavy atom. The molecule has 10 nitrogen and oxygen atoms in total. The second-order valence-electron chi connectivity index (χ2n) is 8.09. The van der Waals surface area contributed by atoms with E-state index in [0.717, 1.165) is 16.7 Å². The Morgan fingerprint density at radius 3 is 2.62 bits per heavy atom. The number of amides is 1. The number of anilines is 1. The molecule has 1 N–H and O–H groups in total. The van der Waals surface area contributed by atoms with Crippen molar-refractivity contribution in [1.29, 1.82) is 0 Å². The largest absolute Gasteiger partial charge is 0.305 e. The summed E-state index contributed by atoms with van der Waals surface area (Å²) in [6.07, 6.45) is 5.46. The molecule has 32 heavy (non-hydrogen) atoms. The van der Waals surface area contributed by atoms with Gasteiger partial charge in [0.05, 0.1) is 12.2 Å². The van der Waals surface area contributed by atoms with Gasteiger partial charge in [0, 0.05) is 24.0 Å². The minimum absolute atomic E-state index is 0.0790. The van der Waals surface area contributed by atoms with Gasteiger partial charge < -0.3 is 5.32 Å². The van der Waals surface area contributed by atoms with E-state index >= 15 is 0 Å². The van der Waals surface area contributed by atoms with Gasteiger partial charge in [-0.15, -0.1) is 5.10 Å². The third kappa shape index (κ3) is 4.25. The first kappa shape index (κ1) is 21.3. The minimum Gasteiger partial charge on any atom is -0.305 e. The molecule has 0 spiro atoms. The summed E-state index contributed by atoms with van der Waals surface area (Å²) in [4.78, 5) is 21.7. The SMILES string of the molecule is Cc1cnc(C(=O)Nc2cccc(-c3nnnn3C(C)C)n2)cc1-c1cnn(C(C)C)c1. The van der Waals surface area contributed by atoms with Crippen LogP contribution in [0.4, 0.5) is 5.82 Å². The van der Waals surface area contributed by atoms with Crippen LogP contribution < -0.4 is 5.32 Å². The van der Waals surface area contributed by atoms with Crippen LogP contribution in [0.3, 0.4) is 0 Å². The van der Waals surface area contributed by atoms with E-state index in [0.29, 0.717) is 23.0 Å². The molecule has 164 valence electrons. The number of aromatic nitrogens is 8. The van der Waals surface area contributed by atoms with E-state index in [-0.39, 0.29) is 18.0 Å². The summed E-state index contributed by atoms with van der Waals surface area (Å²) < 4.78 is 3.56. The molecule has 0 fully saturated rings. The molecule has 0 radical (unpaired) electrons. The highest BCUT2D eigenvalue weighted by atomic mass is 16.1. The van der Waals surface area contributed by atoms with Crippen molar-refractivity contribution in [3.63, 3.8) is 0 Å². The Balaban J connectivity index is 1.59. The van der Waals surface area contributed by atoms with E-state index in [9.17, 15) is 4.79 Å². The number of carbonyl (C=O) groups excluding carboxylic acids is 1. The van der Waals surface area contributed by atoms with Crippen molar-refractivity contribution in [1.82, 2.24) is 40.0 Å². The molecule has 0 aromatic carbocycles. The van der Waals surface area contributed by atoms with E-state index in [1.165, 1.54) is 0 Å². The zero-order valence-electron chi connectivity index (χ0n) is 18.7. The molecule has 4 rings (SSSR count). The average molecular weight is 432 g/mol. The lowest BCUT2D eigenvalue weighted by Crippen LogP contribution is -2.15. The van der Waals surface area contributed by atoms with Crippen LogP contribution in [0, 0.1) is 6.92 Å². The lowest BCUT2D eigenvalue weighted by atomic mass is 10.0. The molecule has 4 aromatic heterocycles. The summed E-state index contributed by atoms with van der Waals surface area (Å²) in [5.74, 6) is 0.576. The summed E-state index contributed by atoms with van der Waals surface area (Å²) in [7, 11) is 0.